The molecule has 2 heterocycles. The van der Waals surface area contributed by atoms with Crippen LogP contribution in [0.5, 0.6) is 0 Å². The number of rotatable bonds is 8. The highest BCUT2D eigenvalue weighted by Crippen LogP contribution is 1.96. The van der Waals surface area contributed by atoms with Gasteiger partial charge in [-0.3, -0.25) is 0 Å². The van der Waals surface area contributed by atoms with Crippen molar-refractivity contribution < 1.29 is 4.79 Å². The summed E-state index contributed by atoms with van der Waals surface area (Å²) in [4.78, 5) is 17.1. The van der Waals surface area contributed by atoms with Gasteiger partial charge in [0.25, 0.3) is 0 Å². The van der Waals surface area contributed by atoms with Crippen LogP contribution in [0.1, 0.15) is 12.8 Å². The van der Waals surface area contributed by atoms with Gasteiger partial charge in [-0.1, -0.05) is 0 Å². The summed E-state index contributed by atoms with van der Waals surface area (Å²) >= 11 is 0. The van der Waals surface area contributed by atoms with Crippen molar-refractivity contribution in [1.29, 1.82) is 0 Å². The number of imidazole rings is 1. The normalized spacial score (nSPS) is 15.1. The van der Waals surface area contributed by atoms with E-state index in [0.717, 1.165) is 52.1 Å². The van der Waals surface area contributed by atoms with Crippen LogP contribution in [0, 0.1) is 0 Å². The molecule has 0 spiro atoms. The summed E-state index contributed by atoms with van der Waals surface area (Å²) in [6, 6.07) is 0.0666. The first-order valence-electron chi connectivity index (χ1n) is 6.55. The summed E-state index contributed by atoms with van der Waals surface area (Å²) < 4.78 is 2.09. The number of hydrogen-bond acceptors (Lipinski definition) is 3. The maximum atomic E-state index is 11.3. The van der Waals surface area contributed by atoms with Gasteiger partial charge in [0.2, 0.25) is 0 Å². The third-order valence-electron chi connectivity index (χ3n) is 3.08. The monoisotopic (exact) mass is 251 g/mol. The Balaban J connectivity index is 1.43. The molecule has 1 aromatic heterocycles. The summed E-state index contributed by atoms with van der Waals surface area (Å²) in [7, 11) is 0. The van der Waals surface area contributed by atoms with Crippen LogP contribution in [0.25, 0.3) is 0 Å². The lowest BCUT2D eigenvalue weighted by Gasteiger charge is -2.14. The molecular formula is C12H21N5O. The third kappa shape index (κ3) is 4.03. The molecule has 100 valence electrons. The zero-order valence-corrected chi connectivity index (χ0v) is 10.6. The number of carbonyl (C=O) groups excluding carboxylic acids is 1. The Morgan fingerprint density at radius 2 is 2.28 bits per heavy atom. The first-order chi connectivity index (χ1) is 8.86. The van der Waals surface area contributed by atoms with Gasteiger partial charge in [0.05, 0.1) is 6.33 Å². The zero-order valence-electron chi connectivity index (χ0n) is 10.6. The fraction of sp³-hybridized carbons (Fsp3) is 0.667. The Kier molecular flexibility index (Phi) is 5.01. The van der Waals surface area contributed by atoms with Crippen LogP contribution in [0.2, 0.25) is 0 Å². The van der Waals surface area contributed by atoms with Crippen LogP contribution >= 0.6 is 0 Å². The molecule has 6 nitrogen and oxygen atoms in total. The molecule has 1 aromatic rings. The van der Waals surface area contributed by atoms with Gasteiger partial charge in [-0.25, -0.2) is 9.78 Å². The molecule has 1 saturated heterocycles. The van der Waals surface area contributed by atoms with E-state index in [2.05, 4.69) is 20.2 Å². The third-order valence-corrected chi connectivity index (χ3v) is 3.08. The summed E-state index contributed by atoms with van der Waals surface area (Å²) in [5.74, 6) is 0. The Morgan fingerprint density at radius 3 is 3.00 bits per heavy atom. The number of amides is 2. The van der Waals surface area contributed by atoms with Crippen LogP contribution in [0.3, 0.4) is 0 Å². The summed E-state index contributed by atoms with van der Waals surface area (Å²) in [6.45, 7) is 5.32. The van der Waals surface area contributed by atoms with E-state index >= 15 is 0 Å². The molecule has 6 heteroatoms. The molecular weight excluding hydrogens is 230 g/mol. The quantitative estimate of drug-likeness (QED) is 0.652. The minimum Gasteiger partial charge on any atom is -0.337 e. The summed E-state index contributed by atoms with van der Waals surface area (Å²) in [5.41, 5.74) is 0. The summed E-state index contributed by atoms with van der Waals surface area (Å²) in [5, 5.41) is 6.16. The zero-order chi connectivity index (χ0) is 12.6. The van der Waals surface area contributed by atoms with Gasteiger partial charge in [-0.05, 0) is 19.4 Å². The lowest BCUT2D eigenvalue weighted by Crippen LogP contribution is -2.34. The lowest BCUT2D eigenvalue weighted by molar-refractivity contribution is 0.217. The van der Waals surface area contributed by atoms with Crippen molar-refractivity contribution in [1.82, 2.24) is 25.1 Å². The van der Waals surface area contributed by atoms with E-state index in [1.807, 2.05) is 17.4 Å². The Bertz CT molecular complexity index is 351. The van der Waals surface area contributed by atoms with Crippen LogP contribution in [0.4, 0.5) is 4.79 Å². The van der Waals surface area contributed by atoms with Crippen molar-refractivity contribution in [2.75, 3.05) is 32.7 Å². The summed E-state index contributed by atoms with van der Waals surface area (Å²) in [6.07, 6.45) is 7.93. The topological polar surface area (TPSA) is 62.2 Å². The lowest BCUT2D eigenvalue weighted by atomic mass is 10.3. The number of urea groups is 1. The van der Waals surface area contributed by atoms with Gasteiger partial charge in [0.1, 0.15) is 0 Å². The number of carbonyl (C=O) groups is 1. The molecule has 0 radical (unpaired) electrons. The first kappa shape index (κ1) is 12.9. The molecule has 1 aliphatic rings. The standard InChI is InChI=1S/C12H21N5O/c18-12-15-6-10-17(12)9-5-13-3-1-2-7-16-8-4-14-11-16/h4,8,11,13H,1-3,5-7,9-10H2,(H,15,18). The molecule has 0 saturated carbocycles. The van der Waals surface area contributed by atoms with Gasteiger partial charge >= 0.3 is 6.03 Å². The Morgan fingerprint density at radius 1 is 1.33 bits per heavy atom. The Labute approximate surface area is 107 Å². The van der Waals surface area contributed by atoms with E-state index in [4.69, 9.17) is 0 Å². The van der Waals surface area contributed by atoms with Crippen molar-refractivity contribution in [2.24, 2.45) is 0 Å². The van der Waals surface area contributed by atoms with Crippen molar-refractivity contribution in [2.45, 2.75) is 19.4 Å². The number of nitrogens with one attached hydrogen (secondary N) is 2. The van der Waals surface area contributed by atoms with Gasteiger partial charge in [-0.15, -0.1) is 0 Å². The highest BCUT2D eigenvalue weighted by Gasteiger charge is 2.17. The molecule has 0 aliphatic carbocycles. The van der Waals surface area contributed by atoms with Crippen molar-refractivity contribution in [3.63, 3.8) is 0 Å². The molecule has 0 bridgehead atoms. The smallest absolute Gasteiger partial charge is 0.317 e. The molecule has 0 atom stereocenters. The van der Waals surface area contributed by atoms with Crippen LogP contribution in [-0.4, -0.2) is 53.2 Å². The molecule has 2 amide bonds. The fourth-order valence-corrected chi connectivity index (χ4v) is 2.03. The molecule has 2 rings (SSSR count). The molecule has 18 heavy (non-hydrogen) atoms. The van der Waals surface area contributed by atoms with E-state index in [0.29, 0.717) is 0 Å². The number of aryl methyl sites for hydroxylation is 1. The maximum absolute atomic E-state index is 11.3. The Hall–Kier alpha value is -1.56. The highest BCUT2D eigenvalue weighted by atomic mass is 16.2. The van der Waals surface area contributed by atoms with Crippen LogP contribution in [-0.2, 0) is 6.54 Å². The maximum Gasteiger partial charge on any atom is 0.317 e. The van der Waals surface area contributed by atoms with E-state index in [-0.39, 0.29) is 6.03 Å². The first-order valence-corrected chi connectivity index (χ1v) is 6.55. The van der Waals surface area contributed by atoms with E-state index in [9.17, 15) is 4.79 Å². The second kappa shape index (κ2) is 7.00. The number of hydrogen-bond donors (Lipinski definition) is 2. The molecule has 1 fully saturated rings. The number of unbranched alkanes of at least 4 members (excludes halogenated alkanes) is 1. The van der Waals surface area contributed by atoms with Gasteiger partial charge in [0, 0.05) is 45.1 Å². The molecule has 2 N–H and O–H groups in total. The average Bonchev–Trinajstić information content (AvgIpc) is 3.00. The van der Waals surface area contributed by atoms with E-state index in [1.165, 1.54) is 0 Å². The second-order valence-electron chi connectivity index (χ2n) is 4.48. The van der Waals surface area contributed by atoms with Crippen LogP contribution < -0.4 is 10.6 Å². The fourth-order valence-electron chi connectivity index (χ4n) is 2.03. The minimum absolute atomic E-state index is 0.0666. The van der Waals surface area contributed by atoms with Crippen molar-refractivity contribution in [3.05, 3.63) is 18.7 Å². The van der Waals surface area contributed by atoms with Crippen LogP contribution in [0.15, 0.2) is 18.7 Å². The van der Waals surface area contributed by atoms with Gasteiger partial charge in [-0.2, -0.15) is 0 Å². The predicted molar refractivity (Wildman–Crippen MR) is 69.3 cm³/mol. The molecule has 0 aromatic carbocycles. The van der Waals surface area contributed by atoms with Gasteiger partial charge < -0.3 is 20.1 Å². The number of nitrogens with zero attached hydrogens (tertiary/aromatic N) is 3. The van der Waals surface area contributed by atoms with E-state index < -0.39 is 0 Å². The highest BCUT2D eigenvalue weighted by molar-refractivity contribution is 5.76. The predicted octanol–water partition coefficient (Wildman–Crippen LogP) is 0.278. The minimum atomic E-state index is 0.0666. The van der Waals surface area contributed by atoms with Gasteiger partial charge in [0.15, 0.2) is 0 Å². The molecule has 0 unspecified atom stereocenters. The average molecular weight is 251 g/mol. The number of aromatic nitrogens is 2. The van der Waals surface area contributed by atoms with Crippen molar-refractivity contribution >= 4 is 6.03 Å². The van der Waals surface area contributed by atoms with Crippen molar-refractivity contribution in [3.8, 4) is 0 Å². The second-order valence-corrected chi connectivity index (χ2v) is 4.48. The molecule has 1 aliphatic heterocycles. The SMILES string of the molecule is O=C1NCCN1CCNCCCCn1ccnc1. The van der Waals surface area contributed by atoms with E-state index in [1.54, 1.807) is 6.20 Å². The largest absolute Gasteiger partial charge is 0.337 e.